The van der Waals surface area contributed by atoms with Crippen molar-refractivity contribution in [3.05, 3.63) is 42.0 Å². The highest BCUT2D eigenvalue weighted by atomic mass is 32.2. The van der Waals surface area contributed by atoms with E-state index in [-0.39, 0.29) is 47.8 Å². The summed E-state index contributed by atoms with van der Waals surface area (Å²) in [4.78, 5) is 0.297. The molecule has 242 valence electrons. The van der Waals surface area contributed by atoms with Crippen molar-refractivity contribution in [2.45, 2.75) is 127 Å². The zero-order valence-electron chi connectivity index (χ0n) is 26.6. The second kappa shape index (κ2) is 10.9. The fourth-order valence-electron chi connectivity index (χ4n) is 10.0. The Kier molecular flexibility index (Phi) is 8.33. The highest BCUT2D eigenvalue weighted by Gasteiger charge is 2.64. The Bertz CT molecular complexity index is 1320. The van der Waals surface area contributed by atoms with Crippen LogP contribution in [0.25, 0.3) is 0 Å². The van der Waals surface area contributed by atoms with Crippen molar-refractivity contribution in [2.24, 2.45) is 45.8 Å². The van der Waals surface area contributed by atoms with Crippen molar-refractivity contribution in [2.75, 3.05) is 0 Å². The van der Waals surface area contributed by atoms with E-state index in [1.54, 1.807) is 24.3 Å². The average Bonchev–Trinajstić information content (AvgIpc) is 3.28. The summed E-state index contributed by atoms with van der Waals surface area (Å²) in [5.74, 6) is 0.962. The summed E-state index contributed by atoms with van der Waals surface area (Å²) in [7, 11) is -3.71. The zero-order chi connectivity index (χ0) is 31.8. The van der Waals surface area contributed by atoms with Crippen molar-refractivity contribution >= 4 is 9.84 Å². The number of hydrogen-bond donors (Lipinski definition) is 2. The quantitative estimate of drug-likeness (QED) is 0.314. The number of halogens is 3. The number of fused-ring (bicyclic) bond motifs is 5. The van der Waals surface area contributed by atoms with Crippen LogP contribution in [0.1, 0.15) is 99.3 Å². The van der Waals surface area contributed by atoms with E-state index >= 15 is 0 Å². The van der Waals surface area contributed by atoms with Crippen LogP contribution < -0.4 is 0 Å². The minimum Gasteiger partial charge on any atom is -0.393 e. The van der Waals surface area contributed by atoms with Gasteiger partial charge in [0.1, 0.15) is 0 Å². The molecule has 5 rings (SSSR count). The van der Waals surface area contributed by atoms with Gasteiger partial charge < -0.3 is 10.2 Å². The molecule has 0 aliphatic heterocycles. The van der Waals surface area contributed by atoms with E-state index in [4.69, 9.17) is 0 Å². The largest absolute Gasteiger partial charge is 0.417 e. The minimum atomic E-state index is -4.64. The predicted molar refractivity (Wildman–Crippen MR) is 163 cm³/mol. The van der Waals surface area contributed by atoms with Crippen LogP contribution in [0.5, 0.6) is 0 Å². The lowest BCUT2D eigenvalue weighted by Gasteiger charge is -2.59. The molecular formula is C35H51F3O4S. The summed E-state index contributed by atoms with van der Waals surface area (Å²) in [6.45, 7) is 12.3. The first-order chi connectivity index (χ1) is 19.8. The lowest BCUT2D eigenvalue weighted by molar-refractivity contribution is -0.271. The van der Waals surface area contributed by atoms with Crippen LogP contribution in [0.4, 0.5) is 13.2 Å². The van der Waals surface area contributed by atoms with Crippen molar-refractivity contribution in [1.29, 1.82) is 0 Å². The van der Waals surface area contributed by atoms with Gasteiger partial charge in [-0.1, -0.05) is 71.4 Å². The van der Waals surface area contributed by atoms with Gasteiger partial charge in [-0.05, 0) is 109 Å². The second-order valence-electron chi connectivity index (χ2n) is 16.1. The maximum atomic E-state index is 14.2. The van der Waals surface area contributed by atoms with E-state index in [0.29, 0.717) is 23.2 Å². The molecule has 10 atom stereocenters. The third-order valence-corrected chi connectivity index (χ3v) is 15.3. The van der Waals surface area contributed by atoms with Crippen LogP contribution >= 0.6 is 0 Å². The molecule has 1 aromatic rings. The molecular weight excluding hydrogens is 573 g/mol. The van der Waals surface area contributed by atoms with Crippen molar-refractivity contribution in [3.8, 4) is 0 Å². The van der Waals surface area contributed by atoms with Gasteiger partial charge in [0.25, 0.3) is 0 Å². The minimum absolute atomic E-state index is 0.0825. The lowest BCUT2D eigenvalue weighted by Crippen LogP contribution is -2.56. The molecule has 0 radical (unpaired) electrons. The molecule has 0 spiro atoms. The number of alkyl halides is 3. The van der Waals surface area contributed by atoms with Gasteiger partial charge in [-0.15, -0.1) is 0 Å². The van der Waals surface area contributed by atoms with Gasteiger partial charge in [0.05, 0.1) is 16.2 Å². The van der Waals surface area contributed by atoms with E-state index < -0.39 is 38.4 Å². The van der Waals surface area contributed by atoms with E-state index in [2.05, 4.69) is 20.8 Å². The Morgan fingerprint density at radius 2 is 1.63 bits per heavy atom. The summed E-state index contributed by atoms with van der Waals surface area (Å²) < 4.78 is 69.6. The van der Waals surface area contributed by atoms with Gasteiger partial charge in [0, 0.05) is 6.42 Å². The molecule has 0 aromatic heterocycles. The molecule has 0 bridgehead atoms. The van der Waals surface area contributed by atoms with Gasteiger partial charge >= 0.3 is 6.18 Å². The van der Waals surface area contributed by atoms with E-state index in [9.17, 15) is 31.8 Å². The van der Waals surface area contributed by atoms with Crippen LogP contribution in [0.15, 0.2) is 46.9 Å². The molecule has 3 saturated carbocycles. The molecule has 0 heterocycles. The smallest absolute Gasteiger partial charge is 0.393 e. The number of rotatable bonds is 6. The van der Waals surface area contributed by atoms with E-state index in [1.165, 1.54) is 0 Å². The molecule has 4 aliphatic carbocycles. The third kappa shape index (κ3) is 5.43. The molecule has 4 aliphatic rings. The van der Waals surface area contributed by atoms with Crippen LogP contribution in [0.2, 0.25) is 0 Å². The van der Waals surface area contributed by atoms with Crippen LogP contribution in [-0.4, -0.2) is 41.8 Å². The molecule has 8 heteroatoms. The first kappa shape index (κ1) is 33.0. The maximum Gasteiger partial charge on any atom is 0.417 e. The van der Waals surface area contributed by atoms with Gasteiger partial charge in [0.15, 0.2) is 15.4 Å². The number of benzene rings is 1. The highest BCUT2D eigenvalue weighted by Crippen LogP contribution is 2.68. The molecule has 43 heavy (non-hydrogen) atoms. The Labute approximate surface area is 256 Å². The summed E-state index contributed by atoms with van der Waals surface area (Å²) >= 11 is 0. The molecule has 1 aromatic carbocycles. The summed E-state index contributed by atoms with van der Waals surface area (Å²) in [6, 6.07) is 8.60. The van der Waals surface area contributed by atoms with E-state index in [0.717, 1.165) is 37.7 Å². The topological polar surface area (TPSA) is 74.6 Å². The van der Waals surface area contributed by atoms with Gasteiger partial charge in [-0.2, -0.15) is 13.2 Å². The Morgan fingerprint density at radius 3 is 2.23 bits per heavy atom. The van der Waals surface area contributed by atoms with Crippen molar-refractivity contribution in [3.63, 3.8) is 0 Å². The summed E-state index contributed by atoms with van der Waals surface area (Å²) in [6.07, 6.45) is 0.973. The SMILES string of the molecule is C[C@H](C(CC(O)C(C)(C)C)S(=O)(=O)c1ccccc1)[C@H]1CC[C@H]2[C@@H]3CC=C4C[C@](O)(C(F)(F)F)CC[C@]4(C)C3CC[C@]12C. The van der Waals surface area contributed by atoms with Crippen molar-refractivity contribution in [1.82, 2.24) is 0 Å². The number of aliphatic hydroxyl groups is 2. The van der Waals surface area contributed by atoms with Gasteiger partial charge in [0.2, 0.25) is 0 Å². The number of aliphatic hydroxyl groups excluding tert-OH is 1. The summed E-state index contributed by atoms with van der Waals surface area (Å²) in [5.41, 5.74) is -2.75. The van der Waals surface area contributed by atoms with Gasteiger partial charge in [-0.25, -0.2) is 8.42 Å². The summed E-state index contributed by atoms with van der Waals surface area (Å²) in [5, 5.41) is 21.0. The van der Waals surface area contributed by atoms with E-state index in [1.807, 2.05) is 32.9 Å². The molecule has 3 fully saturated rings. The maximum absolute atomic E-state index is 14.2. The Hall–Kier alpha value is -1.38. The van der Waals surface area contributed by atoms with Crippen LogP contribution in [-0.2, 0) is 9.84 Å². The van der Waals surface area contributed by atoms with Crippen molar-refractivity contribution < 1.29 is 31.8 Å². The normalized spacial score (nSPS) is 38.7. The molecule has 3 unspecified atom stereocenters. The highest BCUT2D eigenvalue weighted by molar-refractivity contribution is 7.92. The predicted octanol–water partition coefficient (Wildman–Crippen LogP) is 8.13. The zero-order valence-corrected chi connectivity index (χ0v) is 27.4. The second-order valence-corrected chi connectivity index (χ2v) is 18.2. The average molecular weight is 625 g/mol. The molecule has 4 nitrogen and oxygen atoms in total. The lowest BCUT2D eigenvalue weighted by atomic mass is 9.46. The molecule has 0 saturated heterocycles. The third-order valence-electron chi connectivity index (χ3n) is 12.9. The number of hydrogen-bond acceptors (Lipinski definition) is 4. The number of sulfone groups is 1. The Morgan fingerprint density at radius 1 is 0.977 bits per heavy atom. The Balaban J connectivity index is 1.44. The first-order valence-electron chi connectivity index (χ1n) is 16.2. The number of allylic oxidation sites excluding steroid dienone is 1. The molecule has 2 N–H and O–H groups in total. The fourth-order valence-corrected chi connectivity index (χ4v) is 12.1. The standard InChI is InChI=1S/C35H51F3O4S/c1-22(29(20-30(39)31(2,3)4)43(41,42)24-10-8-7-9-11-24)26-14-15-27-25-13-12-23-21-34(40,35(36,37)38)19-18-32(23,5)28(25)16-17-33(26,27)6/h7-12,22,25-30,39-40H,13-21H2,1-6H3/t22-,25-,26+,27-,28?,29?,30?,32-,33+,34-/m0/s1. The van der Waals surface area contributed by atoms with Gasteiger partial charge in [-0.3, -0.25) is 0 Å². The fraction of sp³-hybridized carbons (Fsp3) is 0.771. The van der Waals surface area contributed by atoms with Crippen LogP contribution in [0, 0.1) is 45.8 Å². The monoisotopic (exact) mass is 624 g/mol. The van der Waals surface area contributed by atoms with Crippen LogP contribution in [0.3, 0.4) is 0 Å². The first-order valence-corrected chi connectivity index (χ1v) is 17.8. The molecule has 0 amide bonds.